The molecule has 0 fully saturated rings. The van der Waals surface area contributed by atoms with Crippen LogP contribution in [0.3, 0.4) is 0 Å². The molecule has 0 saturated heterocycles. The van der Waals surface area contributed by atoms with E-state index in [0.29, 0.717) is 5.75 Å². The average Bonchev–Trinajstić information content (AvgIpc) is 1.71. The number of pyridine rings is 2. The molecule has 0 bridgehead atoms. The minimum absolute atomic E-state index is 0. The van der Waals surface area contributed by atoms with Gasteiger partial charge < -0.3 is 18.3 Å². The van der Waals surface area contributed by atoms with E-state index in [1.165, 1.54) is 41.5 Å². The second-order valence-electron chi connectivity index (χ2n) is 27.2. The Bertz CT molecular complexity index is 5780. The number of aromatic nitrogens is 5. The molecule has 0 aliphatic heterocycles. The largest absolute Gasteiger partial charge is 0.484 e. The van der Waals surface area contributed by atoms with Crippen LogP contribution in [0.1, 0.15) is 26.3 Å². The van der Waals surface area contributed by atoms with Crippen molar-refractivity contribution in [2.45, 2.75) is 26.2 Å². The molecule has 18 aromatic rings. The molecule has 496 valence electrons. The van der Waals surface area contributed by atoms with Gasteiger partial charge in [0.05, 0.1) is 16.7 Å². The van der Waals surface area contributed by atoms with Crippen molar-refractivity contribution in [3.63, 3.8) is 0 Å². The van der Waals surface area contributed by atoms with E-state index in [2.05, 4.69) is 368 Å². The molecule has 5 aromatic heterocycles. The summed E-state index contributed by atoms with van der Waals surface area (Å²) >= 11 is 0. The van der Waals surface area contributed by atoms with E-state index in [1.54, 1.807) is 0 Å². The molecule has 0 aliphatic carbocycles. The summed E-state index contributed by atoms with van der Waals surface area (Å²) in [5, 5.41) is 14.3. The summed E-state index contributed by atoms with van der Waals surface area (Å²) in [5.41, 5.74) is 12.2. The van der Waals surface area contributed by atoms with Crippen molar-refractivity contribution in [3.05, 3.63) is 376 Å². The van der Waals surface area contributed by atoms with Crippen LogP contribution in [0.25, 0.3) is 94.2 Å². The molecule has 0 spiro atoms. The molecule has 0 radical (unpaired) electrons. The summed E-state index contributed by atoms with van der Waals surface area (Å²) in [7, 11) is -5.98. The first-order chi connectivity index (χ1) is 50.2. The third-order valence-corrected chi connectivity index (χ3v) is 29.9. The van der Waals surface area contributed by atoms with Crippen LogP contribution >= 0.6 is 0 Å². The smallest absolute Gasteiger partial charge is 0.268 e. The Morgan fingerprint density at radius 3 is 1.48 bits per heavy atom. The van der Waals surface area contributed by atoms with E-state index in [9.17, 15) is 0 Å². The Hall–Kier alpha value is -11.8. The van der Waals surface area contributed by atoms with Crippen LogP contribution in [0.2, 0.25) is 0 Å². The fourth-order valence-corrected chi connectivity index (χ4v) is 25.3. The van der Waals surface area contributed by atoms with Crippen molar-refractivity contribution >= 4 is 112 Å². The van der Waals surface area contributed by atoms with Gasteiger partial charge in [0.25, 0.3) is 6.33 Å². The molecule has 13 aromatic carbocycles. The minimum atomic E-state index is -2.99. The first-order valence-corrected chi connectivity index (χ1v) is 38.7. The number of rotatable bonds is 15. The number of nitrogens with zero attached hydrogens (tertiary/aromatic N) is 5. The number of ether oxygens (including phenoxy) is 1. The maximum Gasteiger partial charge on any atom is 0.268 e. The van der Waals surface area contributed by atoms with Gasteiger partial charge in [0.2, 0.25) is 0 Å². The molecule has 0 saturated carbocycles. The van der Waals surface area contributed by atoms with Gasteiger partial charge in [0, 0.05) is 49.3 Å². The monoisotopic (exact) mass is 1540 g/mol. The van der Waals surface area contributed by atoms with Gasteiger partial charge in [-0.05, 0) is 122 Å². The van der Waals surface area contributed by atoms with E-state index >= 15 is 0 Å². The molecule has 18 rings (SSSR count). The van der Waals surface area contributed by atoms with Gasteiger partial charge >= 0.3 is 0 Å². The number of benzene rings is 13. The molecule has 0 N–H and O–H groups in total. The van der Waals surface area contributed by atoms with Crippen LogP contribution in [-0.2, 0) is 26.5 Å². The Balaban J connectivity index is 0.00000787. The first-order valence-electron chi connectivity index (χ1n) is 34.7. The Morgan fingerprint density at radius 1 is 0.427 bits per heavy atom. The normalized spacial score (nSPS) is 12.0. The van der Waals surface area contributed by atoms with Gasteiger partial charge in [-0.2, -0.15) is 18.2 Å². The Morgan fingerprint density at radius 2 is 0.922 bits per heavy atom. The van der Waals surface area contributed by atoms with E-state index in [-0.39, 0.29) is 32.4 Å². The van der Waals surface area contributed by atoms with Crippen LogP contribution in [0.5, 0.6) is 11.6 Å². The van der Waals surface area contributed by atoms with E-state index in [0.717, 1.165) is 99.8 Å². The second kappa shape index (κ2) is 26.6. The standard InChI is InChI=1S/C93H67N5O2Si2.Pt/c1-93(2,3)67-56-57-94-88(60-67)98-85-55-54-81-80-48-22-25-53-87(80)100-92(81)90(85)82-63-95-89(62-86(82)98)99-69-33-28-32-68(61-69)96-64-97(84-52-24-23-51-83(84)96)91-78(65-30-26-46-76(58-65)101(70-34-10-4-11-35-70,71-36-12-5-13-37-71)72-38-14-6-15-39-72)49-29-50-79(91)66-31-27-47-77(59-66)102(73-40-16-7-17-41-73,74-42-18-8-19-43-74)75-44-20-9-21-45-75;/h4-60,63H,1-3H3;/q-2;. The van der Waals surface area contributed by atoms with Gasteiger partial charge in [0.1, 0.15) is 22.9 Å². The summed E-state index contributed by atoms with van der Waals surface area (Å²) in [6.45, 7) is 6.66. The van der Waals surface area contributed by atoms with Crippen molar-refractivity contribution in [1.82, 2.24) is 19.1 Å². The zero-order chi connectivity index (χ0) is 68.4. The van der Waals surface area contributed by atoms with E-state index in [1.807, 2.05) is 36.7 Å². The fourth-order valence-electron chi connectivity index (χ4n) is 15.7. The second-order valence-corrected chi connectivity index (χ2v) is 34.8. The fraction of sp³-hybridized carbons (Fsp3) is 0.0430. The van der Waals surface area contributed by atoms with Crippen molar-refractivity contribution in [2.24, 2.45) is 0 Å². The number of para-hydroxylation sites is 4. The van der Waals surface area contributed by atoms with Crippen molar-refractivity contribution in [3.8, 4) is 51.1 Å². The van der Waals surface area contributed by atoms with Crippen LogP contribution in [0.15, 0.2) is 357 Å². The van der Waals surface area contributed by atoms with Crippen LogP contribution in [0, 0.1) is 18.5 Å². The molecule has 7 nitrogen and oxygen atoms in total. The molecule has 0 aliphatic rings. The molecule has 0 amide bonds. The number of imidazole rings is 1. The molecular weight excluding hydrogens is 1470 g/mol. The van der Waals surface area contributed by atoms with Gasteiger partial charge in [0.15, 0.2) is 16.1 Å². The summed E-state index contributed by atoms with van der Waals surface area (Å²) in [5.74, 6) is 1.50. The van der Waals surface area contributed by atoms with Crippen LogP contribution in [-0.4, -0.2) is 35.2 Å². The van der Waals surface area contributed by atoms with Crippen LogP contribution < -0.4 is 50.8 Å². The molecular formula is C93H67N5O2PtSi2-2. The Labute approximate surface area is 615 Å². The van der Waals surface area contributed by atoms with E-state index < -0.39 is 16.1 Å². The molecule has 10 heteroatoms. The number of fused-ring (bicyclic) bond motifs is 8. The first kappa shape index (κ1) is 64.5. The maximum atomic E-state index is 6.87. The summed E-state index contributed by atoms with van der Waals surface area (Å²) < 4.78 is 20.1. The zero-order valence-corrected chi connectivity index (χ0v) is 61.1. The van der Waals surface area contributed by atoms with Gasteiger partial charge in [-0.3, -0.25) is 9.55 Å². The van der Waals surface area contributed by atoms with E-state index in [4.69, 9.17) is 19.1 Å². The van der Waals surface area contributed by atoms with Crippen molar-refractivity contribution < 1.29 is 34.8 Å². The number of hydrogen-bond donors (Lipinski definition) is 0. The van der Waals surface area contributed by atoms with Crippen molar-refractivity contribution in [1.29, 1.82) is 0 Å². The van der Waals surface area contributed by atoms with Crippen molar-refractivity contribution in [2.75, 3.05) is 0 Å². The zero-order valence-electron chi connectivity index (χ0n) is 56.9. The summed E-state index contributed by atoms with van der Waals surface area (Å²) in [4.78, 5) is 10.0. The predicted octanol–water partition coefficient (Wildman–Crippen LogP) is 16.3. The third-order valence-electron chi connectivity index (χ3n) is 20.4. The SMILES string of the molecule is CC(C)(C)c1ccnc(-n2c3[c-]c(Oc4[c-]c(-n5[c-][n+](-c6c(-c7cccc([Si](c8ccccc8)(c8ccccc8)c8ccccc8)c7)cccc6-c6cccc([Si](c7ccccc7)(c7ccccc7)c7ccccc7)c6)c6ccccc65)ccc4)ncc3c3c4oc5ccccc5c4ccc32)c1.[Pt]. The van der Waals surface area contributed by atoms with Gasteiger partial charge in [-0.25, -0.2) is 4.98 Å². The summed E-state index contributed by atoms with van der Waals surface area (Å²) in [6, 6.07) is 131. The molecule has 103 heavy (non-hydrogen) atoms. The third kappa shape index (κ3) is 11.0. The average molecular weight is 1540 g/mol. The number of hydrogen-bond acceptors (Lipinski definition) is 4. The quantitative estimate of drug-likeness (QED) is 0.0444. The predicted molar refractivity (Wildman–Crippen MR) is 422 cm³/mol. The minimum Gasteiger partial charge on any atom is -0.484 e. The van der Waals surface area contributed by atoms with Gasteiger partial charge in [-0.1, -0.05) is 312 Å². The summed E-state index contributed by atoms with van der Waals surface area (Å²) in [6.07, 6.45) is 7.77. The van der Waals surface area contributed by atoms with Gasteiger partial charge in [-0.15, -0.1) is 23.0 Å². The molecule has 5 heterocycles. The van der Waals surface area contributed by atoms with Crippen LogP contribution in [0.4, 0.5) is 0 Å². The Kier molecular flexibility index (Phi) is 16.7. The molecule has 0 atom stereocenters. The topological polar surface area (TPSA) is 61.9 Å². The maximum absolute atomic E-state index is 6.87. The molecule has 0 unspecified atom stereocenters. The number of furan rings is 1.